The van der Waals surface area contributed by atoms with E-state index in [-0.39, 0.29) is 29.8 Å². The van der Waals surface area contributed by atoms with Gasteiger partial charge in [-0.15, -0.1) is 0 Å². The predicted octanol–water partition coefficient (Wildman–Crippen LogP) is 3.20. The topological polar surface area (TPSA) is 114 Å². The third kappa shape index (κ3) is 7.78. The van der Waals surface area contributed by atoms with Crippen LogP contribution in [0.25, 0.3) is 0 Å². The highest BCUT2D eigenvalue weighted by Gasteiger charge is 2.33. The van der Waals surface area contributed by atoms with Gasteiger partial charge in [0.15, 0.2) is 11.5 Å². The number of carbonyl (C=O) groups is 2. The number of amides is 2. The van der Waals surface area contributed by atoms with E-state index in [1.54, 1.807) is 43.5 Å². The zero-order valence-corrected chi connectivity index (χ0v) is 24.1. The molecule has 2 aromatic rings. The summed E-state index contributed by atoms with van der Waals surface area (Å²) in [5, 5.41) is 2.92. The fourth-order valence-corrected chi connectivity index (χ4v) is 5.27. The lowest BCUT2D eigenvalue weighted by atomic mass is 10.1. The van der Waals surface area contributed by atoms with Crippen molar-refractivity contribution < 1.29 is 32.2 Å². The van der Waals surface area contributed by atoms with E-state index in [9.17, 15) is 18.0 Å². The van der Waals surface area contributed by atoms with Gasteiger partial charge in [0.25, 0.3) is 0 Å². The fraction of sp³-hybridized carbons (Fsp3) is 0.500. The quantitative estimate of drug-likeness (QED) is 0.399. The van der Waals surface area contributed by atoms with Crippen LogP contribution in [0.5, 0.6) is 17.2 Å². The summed E-state index contributed by atoms with van der Waals surface area (Å²) in [6.07, 6.45) is 0.351. The van der Waals surface area contributed by atoms with Crippen LogP contribution in [-0.2, 0) is 26.2 Å². The second kappa shape index (κ2) is 13.5. The molecule has 0 spiro atoms. The molecule has 1 aliphatic rings. The fourth-order valence-electron chi connectivity index (χ4n) is 4.22. The molecule has 1 N–H and O–H groups in total. The van der Waals surface area contributed by atoms with E-state index >= 15 is 0 Å². The molecule has 1 unspecified atom stereocenters. The van der Waals surface area contributed by atoms with Crippen LogP contribution >= 0.6 is 0 Å². The summed E-state index contributed by atoms with van der Waals surface area (Å²) in [6.45, 7) is 8.15. The Labute approximate surface area is 231 Å². The second-order valence-electron chi connectivity index (χ2n) is 9.67. The molecule has 11 heteroatoms. The number of rotatable bonds is 13. The monoisotopic (exact) mass is 561 g/mol. The maximum atomic E-state index is 13.9. The number of anilines is 1. The van der Waals surface area contributed by atoms with Crippen LogP contribution in [0.4, 0.5) is 5.69 Å². The van der Waals surface area contributed by atoms with Crippen LogP contribution < -0.4 is 23.8 Å². The smallest absolute Gasteiger partial charge is 0.244 e. The molecule has 0 saturated carbocycles. The highest BCUT2D eigenvalue weighted by atomic mass is 32.2. The zero-order valence-electron chi connectivity index (χ0n) is 23.3. The Kier molecular flexibility index (Phi) is 10.4. The lowest BCUT2D eigenvalue weighted by Crippen LogP contribution is -2.52. The Morgan fingerprint density at radius 2 is 1.77 bits per heavy atom. The van der Waals surface area contributed by atoms with Gasteiger partial charge in [0, 0.05) is 19.2 Å². The number of ether oxygens (including phenoxy) is 3. The Hall–Kier alpha value is -3.47. The molecule has 39 heavy (non-hydrogen) atoms. The molecule has 214 valence electrons. The van der Waals surface area contributed by atoms with Gasteiger partial charge in [-0.05, 0) is 49.1 Å². The number of carbonyl (C=O) groups excluding carboxylic acids is 2. The van der Waals surface area contributed by atoms with Crippen LogP contribution in [0.3, 0.4) is 0 Å². The summed E-state index contributed by atoms with van der Waals surface area (Å²) in [6, 6.07) is 11.2. The van der Waals surface area contributed by atoms with Crippen molar-refractivity contribution >= 4 is 27.5 Å². The average Bonchev–Trinajstić information content (AvgIpc) is 2.94. The van der Waals surface area contributed by atoms with Gasteiger partial charge in [0.05, 0.1) is 18.6 Å². The van der Waals surface area contributed by atoms with E-state index in [1.165, 1.54) is 11.8 Å². The molecule has 0 radical (unpaired) electrons. The zero-order chi connectivity index (χ0) is 28.6. The first kappa shape index (κ1) is 30.1. The van der Waals surface area contributed by atoms with Crippen molar-refractivity contribution in [3.8, 4) is 17.2 Å². The van der Waals surface area contributed by atoms with Gasteiger partial charge < -0.3 is 24.4 Å². The van der Waals surface area contributed by atoms with Crippen molar-refractivity contribution in [3.63, 3.8) is 0 Å². The van der Waals surface area contributed by atoms with Gasteiger partial charge >= 0.3 is 0 Å². The molecule has 10 nitrogen and oxygen atoms in total. The van der Waals surface area contributed by atoms with Gasteiger partial charge in [-0.1, -0.05) is 32.9 Å². The van der Waals surface area contributed by atoms with Gasteiger partial charge in [-0.2, -0.15) is 0 Å². The molecule has 1 atom stereocenters. The Morgan fingerprint density at radius 1 is 1.05 bits per heavy atom. The van der Waals surface area contributed by atoms with Gasteiger partial charge in [0.2, 0.25) is 21.8 Å². The van der Waals surface area contributed by atoms with E-state index < -0.39 is 28.5 Å². The van der Waals surface area contributed by atoms with Crippen LogP contribution in [-0.4, -0.2) is 70.3 Å². The molecule has 0 aromatic heterocycles. The van der Waals surface area contributed by atoms with Crippen LogP contribution in [0.15, 0.2) is 42.5 Å². The highest BCUT2D eigenvalue weighted by molar-refractivity contribution is 7.92. The number of sulfonamides is 1. The first-order valence-corrected chi connectivity index (χ1v) is 14.8. The van der Waals surface area contributed by atoms with Gasteiger partial charge in [0.1, 0.15) is 31.5 Å². The number of nitrogens with zero attached hydrogens (tertiary/aromatic N) is 2. The summed E-state index contributed by atoms with van der Waals surface area (Å²) >= 11 is 0. The minimum atomic E-state index is -3.86. The van der Waals surface area contributed by atoms with Gasteiger partial charge in [-0.25, -0.2) is 8.42 Å². The molecule has 1 aliphatic heterocycles. The van der Waals surface area contributed by atoms with Crippen molar-refractivity contribution in [1.82, 2.24) is 10.2 Å². The second-order valence-corrected chi connectivity index (χ2v) is 11.9. The largest absolute Gasteiger partial charge is 0.497 e. The van der Waals surface area contributed by atoms with Crippen molar-refractivity contribution in [2.45, 2.75) is 46.7 Å². The molecule has 0 fully saturated rings. The third-order valence-electron chi connectivity index (χ3n) is 6.35. The molecule has 2 amide bonds. The van der Waals surface area contributed by atoms with E-state index in [4.69, 9.17) is 14.2 Å². The maximum absolute atomic E-state index is 13.9. The van der Waals surface area contributed by atoms with Crippen molar-refractivity contribution in [3.05, 3.63) is 48.0 Å². The minimum absolute atomic E-state index is 0.102. The number of methoxy groups -OCH3 is 1. The molecule has 3 rings (SSSR count). The first-order chi connectivity index (χ1) is 18.6. The van der Waals surface area contributed by atoms with Gasteiger partial charge in [-0.3, -0.25) is 13.9 Å². The Morgan fingerprint density at radius 3 is 2.41 bits per heavy atom. The highest BCUT2D eigenvalue weighted by Crippen LogP contribution is 2.35. The molecular formula is C28H39N3O7S. The number of fused-ring (bicyclic) bond motifs is 1. The average molecular weight is 562 g/mol. The molecule has 0 bridgehead atoms. The molecule has 1 heterocycles. The molecule has 0 saturated heterocycles. The predicted molar refractivity (Wildman–Crippen MR) is 150 cm³/mol. The van der Waals surface area contributed by atoms with Crippen LogP contribution in [0, 0.1) is 5.92 Å². The SMILES string of the molecule is CCC(C(=O)NCC(C)C)N(Cc1cccc(OC)c1)C(=O)CN(c1ccc2c(c1)OCCO2)S(=O)(=O)CC. The standard InChI is InChI=1S/C28H39N3O7S/c1-6-24(28(33)29-17-20(3)4)30(18-21-9-8-10-23(15-21)36-5)27(32)19-31(39(34,35)7-2)22-11-12-25-26(16-22)38-14-13-37-25/h8-12,15-16,20,24H,6-7,13-14,17-19H2,1-5H3,(H,29,33). The number of hydrogen-bond donors (Lipinski definition) is 1. The first-order valence-electron chi connectivity index (χ1n) is 13.2. The maximum Gasteiger partial charge on any atom is 0.244 e. The van der Waals surface area contributed by atoms with Crippen molar-refractivity contribution in [2.75, 3.05) is 43.5 Å². The summed E-state index contributed by atoms with van der Waals surface area (Å²) in [5.41, 5.74) is 1.04. The van der Waals surface area contributed by atoms with Crippen molar-refractivity contribution in [1.29, 1.82) is 0 Å². The van der Waals surface area contributed by atoms with Crippen LogP contribution in [0.1, 0.15) is 39.7 Å². The van der Waals surface area contributed by atoms with E-state index in [1.807, 2.05) is 26.8 Å². The van der Waals surface area contributed by atoms with E-state index in [2.05, 4.69) is 5.32 Å². The summed E-state index contributed by atoms with van der Waals surface area (Å²) in [7, 11) is -2.30. The Balaban J connectivity index is 1.98. The number of benzene rings is 2. The number of nitrogens with one attached hydrogen (secondary N) is 1. The molecular weight excluding hydrogens is 522 g/mol. The normalized spacial score (nSPS) is 13.5. The molecule has 2 aromatic carbocycles. The number of hydrogen-bond acceptors (Lipinski definition) is 7. The minimum Gasteiger partial charge on any atom is -0.497 e. The Bertz CT molecular complexity index is 1250. The summed E-state index contributed by atoms with van der Waals surface area (Å²) < 4.78 is 44.0. The van der Waals surface area contributed by atoms with E-state index in [0.717, 1.165) is 9.87 Å². The lowest BCUT2D eigenvalue weighted by Gasteiger charge is -2.33. The summed E-state index contributed by atoms with van der Waals surface area (Å²) in [4.78, 5) is 28.6. The van der Waals surface area contributed by atoms with Crippen molar-refractivity contribution in [2.24, 2.45) is 5.92 Å². The van der Waals surface area contributed by atoms with Crippen LogP contribution in [0.2, 0.25) is 0 Å². The molecule has 0 aliphatic carbocycles. The summed E-state index contributed by atoms with van der Waals surface area (Å²) in [5.74, 6) is 0.769. The third-order valence-corrected chi connectivity index (χ3v) is 8.09. The lowest BCUT2D eigenvalue weighted by molar-refractivity contribution is -0.140. The van der Waals surface area contributed by atoms with E-state index in [0.29, 0.717) is 43.4 Å².